The molecular weight excluding hydrogens is 500 g/mol. The smallest absolute Gasteiger partial charge is 0.335 e. The van der Waals surface area contributed by atoms with Crippen molar-refractivity contribution >= 4 is 12.3 Å². The van der Waals surface area contributed by atoms with E-state index >= 15 is 0 Å². The van der Waals surface area contributed by atoms with Gasteiger partial charge in [0.2, 0.25) is 0 Å². The molecule has 0 amide bonds. The highest BCUT2D eigenvalue weighted by atomic mass is 16.5. The SMILES string of the molecule is C=C(C=O)CO.C=C(CO)C(=O)OCC(COC)C1CCC(O/C=C\OC2CCC(CCCCC)CC2)CC1. The summed E-state index contributed by atoms with van der Waals surface area (Å²) in [7, 11) is 1.67. The van der Waals surface area contributed by atoms with Crippen LogP contribution >= 0.6 is 0 Å². The van der Waals surface area contributed by atoms with Crippen molar-refractivity contribution in [2.45, 2.75) is 96.2 Å². The molecule has 0 saturated heterocycles. The molecule has 1 unspecified atom stereocenters. The molecule has 0 aromatic carbocycles. The van der Waals surface area contributed by atoms with Gasteiger partial charge in [-0.2, -0.15) is 0 Å². The van der Waals surface area contributed by atoms with Crippen LogP contribution in [0.2, 0.25) is 0 Å². The van der Waals surface area contributed by atoms with Crippen LogP contribution in [0.1, 0.15) is 84.0 Å². The van der Waals surface area contributed by atoms with E-state index in [0.717, 1.165) is 44.4 Å². The Morgan fingerprint density at radius 2 is 1.49 bits per heavy atom. The third kappa shape index (κ3) is 15.3. The van der Waals surface area contributed by atoms with E-state index in [-0.39, 0.29) is 43.0 Å². The van der Waals surface area contributed by atoms with Crippen LogP contribution in [0.15, 0.2) is 36.8 Å². The quantitative estimate of drug-likeness (QED) is 0.0825. The second kappa shape index (κ2) is 21.6. The number of hydrogen-bond acceptors (Lipinski definition) is 8. The molecule has 2 aliphatic rings. The molecule has 224 valence electrons. The molecule has 2 saturated carbocycles. The van der Waals surface area contributed by atoms with Crippen molar-refractivity contribution in [1.82, 2.24) is 0 Å². The molecule has 2 rings (SSSR count). The predicted octanol–water partition coefficient (Wildman–Crippen LogP) is 5.28. The van der Waals surface area contributed by atoms with Gasteiger partial charge in [0.25, 0.3) is 0 Å². The fraction of sp³-hybridized carbons (Fsp3) is 0.742. The van der Waals surface area contributed by atoms with Crippen LogP contribution < -0.4 is 0 Å². The first-order chi connectivity index (χ1) is 18.9. The monoisotopic (exact) mass is 552 g/mol. The Morgan fingerprint density at radius 3 is 1.95 bits per heavy atom. The lowest BCUT2D eigenvalue weighted by atomic mass is 9.79. The van der Waals surface area contributed by atoms with Crippen LogP contribution in [-0.2, 0) is 28.5 Å². The second-order valence-corrected chi connectivity index (χ2v) is 10.7. The maximum Gasteiger partial charge on any atom is 0.335 e. The maximum atomic E-state index is 11.8. The minimum absolute atomic E-state index is 0.0808. The van der Waals surface area contributed by atoms with E-state index in [1.165, 1.54) is 38.5 Å². The molecule has 0 aliphatic heterocycles. The largest absolute Gasteiger partial charge is 0.495 e. The van der Waals surface area contributed by atoms with Crippen molar-refractivity contribution in [2.75, 3.05) is 33.5 Å². The topological polar surface area (TPSA) is 112 Å². The Bertz CT molecular complexity index is 718. The number of methoxy groups -OCH3 is 1. The summed E-state index contributed by atoms with van der Waals surface area (Å²) in [5.74, 6) is 0.923. The summed E-state index contributed by atoms with van der Waals surface area (Å²) in [6, 6.07) is 0. The fourth-order valence-electron chi connectivity index (χ4n) is 5.14. The number of esters is 1. The van der Waals surface area contributed by atoms with Gasteiger partial charge in [0, 0.05) is 18.6 Å². The number of hydrogen-bond donors (Lipinski definition) is 2. The Kier molecular flexibility index (Phi) is 19.3. The molecule has 39 heavy (non-hydrogen) atoms. The van der Waals surface area contributed by atoms with E-state index in [1.807, 2.05) is 0 Å². The molecule has 0 heterocycles. The van der Waals surface area contributed by atoms with Gasteiger partial charge in [-0.05, 0) is 63.2 Å². The summed E-state index contributed by atoms with van der Waals surface area (Å²) in [6.45, 7) is 9.17. The molecule has 8 heteroatoms. The molecule has 0 bridgehead atoms. The van der Waals surface area contributed by atoms with Gasteiger partial charge in [-0.25, -0.2) is 4.79 Å². The summed E-state index contributed by atoms with van der Waals surface area (Å²) >= 11 is 0. The van der Waals surface area contributed by atoms with Crippen LogP contribution in [0.3, 0.4) is 0 Å². The third-order valence-electron chi connectivity index (χ3n) is 7.65. The molecule has 2 N–H and O–H groups in total. The van der Waals surface area contributed by atoms with Gasteiger partial charge in [0.1, 0.15) is 18.8 Å². The summed E-state index contributed by atoms with van der Waals surface area (Å²) in [5, 5.41) is 17.0. The molecule has 1 atom stereocenters. The lowest BCUT2D eigenvalue weighted by molar-refractivity contribution is -0.142. The number of carbonyl (C=O) groups is 2. The Labute approximate surface area is 235 Å². The summed E-state index contributed by atoms with van der Waals surface area (Å²) in [6.07, 6.45) is 18.8. The zero-order valence-corrected chi connectivity index (χ0v) is 24.2. The van der Waals surface area contributed by atoms with Crippen LogP contribution in [0.4, 0.5) is 0 Å². The van der Waals surface area contributed by atoms with E-state index in [2.05, 4.69) is 20.1 Å². The number of aliphatic hydroxyl groups is 2. The highest BCUT2D eigenvalue weighted by Crippen LogP contribution is 2.33. The van der Waals surface area contributed by atoms with E-state index in [1.54, 1.807) is 19.6 Å². The number of rotatable bonds is 17. The third-order valence-corrected chi connectivity index (χ3v) is 7.65. The highest BCUT2D eigenvalue weighted by molar-refractivity contribution is 5.87. The summed E-state index contributed by atoms with van der Waals surface area (Å²) < 4.78 is 22.5. The predicted molar refractivity (Wildman–Crippen MR) is 152 cm³/mol. The molecule has 0 aromatic rings. The van der Waals surface area contributed by atoms with Crippen molar-refractivity contribution in [3.8, 4) is 0 Å². The van der Waals surface area contributed by atoms with Gasteiger partial charge in [-0.15, -0.1) is 0 Å². The molecule has 0 aromatic heterocycles. The van der Waals surface area contributed by atoms with Crippen molar-refractivity contribution in [3.63, 3.8) is 0 Å². The zero-order chi connectivity index (χ0) is 28.9. The summed E-state index contributed by atoms with van der Waals surface area (Å²) in [5.41, 5.74) is 0.298. The average Bonchev–Trinajstić information content (AvgIpc) is 2.98. The number of carbonyl (C=O) groups excluding carboxylic acids is 2. The molecular formula is C31H52O8. The molecule has 0 radical (unpaired) electrons. The van der Waals surface area contributed by atoms with Crippen molar-refractivity contribution < 1.29 is 38.7 Å². The van der Waals surface area contributed by atoms with Gasteiger partial charge >= 0.3 is 5.97 Å². The standard InChI is InChI=1S/C27H46O6.C4H6O2/c1-4-5-6-7-22-8-12-25(13-9-22)31-16-17-32-26-14-10-23(11-15-26)24(19-30-3)20-33-27(29)21(2)18-28;1-4(2-5)3-6/h16-17,22-26,28H,2,4-15,18-20H2,1,3H3;2,6H,1,3H2/b17-16-;. The van der Waals surface area contributed by atoms with Gasteiger partial charge in [0.05, 0.1) is 44.2 Å². The van der Waals surface area contributed by atoms with Crippen LogP contribution in [0, 0.1) is 17.8 Å². The maximum absolute atomic E-state index is 11.8. The van der Waals surface area contributed by atoms with Gasteiger partial charge < -0.3 is 29.2 Å². The first-order valence-electron chi connectivity index (χ1n) is 14.5. The molecule has 8 nitrogen and oxygen atoms in total. The Hall–Kier alpha value is -2.16. The van der Waals surface area contributed by atoms with Crippen LogP contribution in [0.25, 0.3) is 0 Å². The van der Waals surface area contributed by atoms with Crippen LogP contribution in [0.5, 0.6) is 0 Å². The normalized spacial score (nSPS) is 23.7. The molecule has 2 aliphatic carbocycles. The fourth-order valence-corrected chi connectivity index (χ4v) is 5.14. The zero-order valence-electron chi connectivity index (χ0n) is 24.2. The minimum atomic E-state index is -0.536. The minimum Gasteiger partial charge on any atom is -0.495 e. The van der Waals surface area contributed by atoms with E-state index in [0.29, 0.717) is 24.9 Å². The van der Waals surface area contributed by atoms with E-state index in [9.17, 15) is 9.59 Å². The summed E-state index contributed by atoms with van der Waals surface area (Å²) in [4.78, 5) is 21.3. The number of unbranched alkanes of at least 4 members (excludes halogenated alkanes) is 2. The molecule has 2 fully saturated rings. The van der Waals surface area contributed by atoms with Crippen molar-refractivity contribution in [3.05, 3.63) is 36.8 Å². The Morgan fingerprint density at radius 1 is 0.897 bits per heavy atom. The van der Waals surface area contributed by atoms with E-state index in [4.69, 9.17) is 29.2 Å². The Balaban J connectivity index is 0.00000113. The molecule has 0 spiro atoms. The number of aldehydes is 1. The first kappa shape index (κ1) is 34.9. The van der Waals surface area contributed by atoms with Gasteiger partial charge in [-0.1, -0.05) is 45.8 Å². The van der Waals surface area contributed by atoms with Crippen LogP contribution in [-0.4, -0.2) is 68.2 Å². The van der Waals surface area contributed by atoms with Crippen molar-refractivity contribution in [1.29, 1.82) is 0 Å². The van der Waals surface area contributed by atoms with Gasteiger partial charge in [-0.3, -0.25) is 4.79 Å². The number of ether oxygens (including phenoxy) is 4. The van der Waals surface area contributed by atoms with Gasteiger partial charge in [0.15, 0.2) is 0 Å². The average molecular weight is 553 g/mol. The van der Waals surface area contributed by atoms with Crippen molar-refractivity contribution in [2.24, 2.45) is 17.8 Å². The number of aliphatic hydroxyl groups excluding tert-OH is 2. The first-order valence-corrected chi connectivity index (χ1v) is 14.5. The second-order valence-electron chi connectivity index (χ2n) is 10.7. The lowest BCUT2D eigenvalue weighted by Crippen LogP contribution is -2.31. The highest BCUT2D eigenvalue weighted by Gasteiger charge is 2.29. The van der Waals surface area contributed by atoms with E-state index < -0.39 is 5.97 Å². The lowest BCUT2D eigenvalue weighted by Gasteiger charge is -2.33.